The molecular weight excluding hydrogens is 345 g/mol. The third kappa shape index (κ3) is 3.07. The van der Waals surface area contributed by atoms with Gasteiger partial charge < -0.3 is 4.74 Å². The van der Waals surface area contributed by atoms with Crippen LogP contribution >= 0.6 is 11.6 Å². The van der Waals surface area contributed by atoms with Crippen molar-refractivity contribution in [3.63, 3.8) is 0 Å². The second-order valence-electron chi connectivity index (χ2n) is 5.03. The summed E-state index contributed by atoms with van der Waals surface area (Å²) < 4.78 is 41.8. The maximum Gasteiger partial charge on any atom is 0.573 e. The third-order valence-corrected chi connectivity index (χ3v) is 3.69. The predicted octanol–water partition coefficient (Wildman–Crippen LogP) is 4.25. The van der Waals surface area contributed by atoms with Crippen LogP contribution in [0.3, 0.4) is 0 Å². The Morgan fingerprint density at radius 3 is 2.46 bits per heavy atom. The van der Waals surface area contributed by atoms with E-state index in [9.17, 15) is 18.0 Å². The van der Waals surface area contributed by atoms with Crippen molar-refractivity contribution in [2.24, 2.45) is 0 Å². The van der Waals surface area contributed by atoms with Crippen molar-refractivity contribution in [1.29, 1.82) is 0 Å². The normalized spacial score (nSPS) is 11.7. The van der Waals surface area contributed by atoms with Crippen molar-refractivity contribution < 1.29 is 17.9 Å². The number of nitrogens with zero attached hydrogens (tertiary/aromatic N) is 2. The van der Waals surface area contributed by atoms with Crippen LogP contribution in [0, 0.1) is 6.92 Å². The maximum atomic E-state index is 12.7. The van der Waals surface area contributed by atoms with Gasteiger partial charge in [-0.15, -0.1) is 13.2 Å². The van der Waals surface area contributed by atoms with Crippen LogP contribution in [0.25, 0.3) is 16.5 Å². The van der Waals surface area contributed by atoms with Gasteiger partial charge in [0.05, 0.1) is 5.39 Å². The van der Waals surface area contributed by atoms with Gasteiger partial charge in [-0.2, -0.15) is 0 Å². The average molecular weight is 355 g/mol. The Kier molecular flexibility index (Phi) is 3.96. The van der Waals surface area contributed by atoms with Gasteiger partial charge in [0.1, 0.15) is 10.9 Å². The van der Waals surface area contributed by atoms with E-state index in [0.29, 0.717) is 16.8 Å². The van der Waals surface area contributed by atoms with E-state index >= 15 is 0 Å². The molecule has 0 radical (unpaired) electrons. The number of pyridine rings is 2. The van der Waals surface area contributed by atoms with Crippen molar-refractivity contribution in [2.45, 2.75) is 13.3 Å². The highest BCUT2D eigenvalue weighted by molar-refractivity contribution is 6.34. The minimum Gasteiger partial charge on any atom is -0.406 e. The Hall–Kier alpha value is -2.54. The Balaban J connectivity index is 2.13. The van der Waals surface area contributed by atoms with E-state index in [1.54, 1.807) is 19.1 Å². The molecule has 3 aromatic rings. The molecule has 8 heteroatoms. The first-order chi connectivity index (χ1) is 11.3. The van der Waals surface area contributed by atoms with Crippen LogP contribution in [-0.4, -0.2) is 15.9 Å². The summed E-state index contributed by atoms with van der Waals surface area (Å²) in [6, 6.07) is 8.44. The Morgan fingerprint density at radius 2 is 1.83 bits per heavy atom. The van der Waals surface area contributed by atoms with Crippen molar-refractivity contribution in [2.75, 3.05) is 0 Å². The topological polar surface area (TPSA) is 44.1 Å². The van der Waals surface area contributed by atoms with Gasteiger partial charge in [0.25, 0.3) is 5.56 Å². The molecule has 124 valence electrons. The summed E-state index contributed by atoms with van der Waals surface area (Å²) in [4.78, 5) is 16.6. The molecule has 3 rings (SSSR count). The van der Waals surface area contributed by atoms with Crippen molar-refractivity contribution in [3.8, 4) is 11.4 Å². The second-order valence-corrected chi connectivity index (χ2v) is 5.39. The summed E-state index contributed by atoms with van der Waals surface area (Å²) >= 11 is 6.00. The Morgan fingerprint density at radius 1 is 1.17 bits per heavy atom. The SMILES string of the molecule is Cc1cc2ccnc(Cl)c2c(=O)n1-c1ccc(OC(F)(F)F)cc1. The van der Waals surface area contributed by atoms with E-state index < -0.39 is 11.9 Å². The van der Waals surface area contributed by atoms with Crippen LogP contribution in [0.4, 0.5) is 13.2 Å². The van der Waals surface area contributed by atoms with E-state index in [1.165, 1.54) is 22.9 Å². The minimum atomic E-state index is -4.77. The van der Waals surface area contributed by atoms with Gasteiger partial charge in [0, 0.05) is 17.6 Å². The molecule has 0 aliphatic rings. The molecule has 1 aromatic carbocycles. The van der Waals surface area contributed by atoms with E-state index in [4.69, 9.17) is 11.6 Å². The molecule has 0 bridgehead atoms. The molecular formula is C16H10ClF3N2O2. The van der Waals surface area contributed by atoms with Crippen molar-refractivity contribution >= 4 is 22.4 Å². The standard InChI is InChI=1S/C16H10ClF3N2O2/c1-9-8-10-6-7-21-14(17)13(10)15(23)22(9)11-2-4-12(5-3-11)24-16(18,19)20/h2-8H,1H3. The van der Waals surface area contributed by atoms with Gasteiger partial charge in [-0.1, -0.05) is 11.6 Å². The van der Waals surface area contributed by atoms with Crippen LogP contribution in [0.5, 0.6) is 5.75 Å². The smallest absolute Gasteiger partial charge is 0.406 e. The lowest BCUT2D eigenvalue weighted by Crippen LogP contribution is -2.21. The van der Waals surface area contributed by atoms with Crippen molar-refractivity contribution in [1.82, 2.24) is 9.55 Å². The highest BCUT2D eigenvalue weighted by Gasteiger charge is 2.31. The molecule has 0 spiro atoms. The number of aromatic nitrogens is 2. The number of rotatable bonds is 2. The van der Waals surface area contributed by atoms with Crippen LogP contribution in [0.2, 0.25) is 5.15 Å². The van der Waals surface area contributed by atoms with Crippen LogP contribution < -0.4 is 10.3 Å². The summed E-state index contributed by atoms with van der Waals surface area (Å²) in [6.07, 6.45) is -3.27. The number of benzene rings is 1. The van der Waals surface area contributed by atoms with Crippen molar-refractivity contribution in [3.05, 3.63) is 63.8 Å². The fourth-order valence-corrected chi connectivity index (χ4v) is 2.71. The molecule has 0 amide bonds. The Labute approximate surface area is 139 Å². The third-order valence-electron chi connectivity index (χ3n) is 3.40. The molecule has 0 N–H and O–H groups in total. The number of hydrogen-bond donors (Lipinski definition) is 0. The van der Waals surface area contributed by atoms with Crippen LogP contribution in [-0.2, 0) is 0 Å². The van der Waals surface area contributed by atoms with E-state index in [1.807, 2.05) is 0 Å². The lowest BCUT2D eigenvalue weighted by atomic mass is 10.2. The summed E-state index contributed by atoms with van der Waals surface area (Å²) in [5.74, 6) is -0.363. The lowest BCUT2D eigenvalue weighted by molar-refractivity contribution is -0.274. The zero-order valence-electron chi connectivity index (χ0n) is 12.3. The lowest BCUT2D eigenvalue weighted by Gasteiger charge is -2.13. The molecule has 0 unspecified atom stereocenters. The number of ether oxygens (including phenoxy) is 1. The van der Waals surface area contributed by atoms with Gasteiger partial charge in [-0.25, -0.2) is 4.98 Å². The summed E-state index contributed by atoms with van der Waals surface area (Å²) in [7, 11) is 0. The van der Waals surface area contributed by atoms with Gasteiger partial charge in [-0.05, 0) is 48.7 Å². The number of fused-ring (bicyclic) bond motifs is 1. The molecule has 0 saturated heterocycles. The molecule has 0 fully saturated rings. The highest BCUT2D eigenvalue weighted by atomic mass is 35.5. The van der Waals surface area contributed by atoms with Crippen LogP contribution in [0.1, 0.15) is 5.69 Å². The number of aryl methyl sites for hydroxylation is 1. The van der Waals surface area contributed by atoms with Gasteiger partial charge >= 0.3 is 6.36 Å². The maximum absolute atomic E-state index is 12.7. The summed E-state index contributed by atoms with van der Waals surface area (Å²) in [5, 5.41) is 0.967. The zero-order valence-corrected chi connectivity index (χ0v) is 13.0. The molecule has 0 saturated carbocycles. The summed E-state index contributed by atoms with van der Waals surface area (Å²) in [5.41, 5.74) is 0.612. The molecule has 2 aromatic heterocycles. The number of halogens is 4. The zero-order chi connectivity index (χ0) is 17.5. The Bertz CT molecular complexity index is 966. The average Bonchev–Trinajstić information content (AvgIpc) is 2.47. The van der Waals surface area contributed by atoms with Crippen LogP contribution in [0.15, 0.2) is 47.4 Å². The fourth-order valence-electron chi connectivity index (χ4n) is 2.46. The first kappa shape index (κ1) is 16.3. The fraction of sp³-hybridized carbons (Fsp3) is 0.125. The molecule has 0 atom stereocenters. The van der Waals surface area contributed by atoms with E-state index in [-0.39, 0.29) is 16.3 Å². The van der Waals surface area contributed by atoms with E-state index in [2.05, 4.69) is 9.72 Å². The first-order valence-electron chi connectivity index (χ1n) is 6.79. The second kappa shape index (κ2) is 5.83. The van der Waals surface area contributed by atoms with Gasteiger partial charge in [-0.3, -0.25) is 9.36 Å². The quantitative estimate of drug-likeness (QED) is 0.646. The first-order valence-corrected chi connectivity index (χ1v) is 7.17. The predicted molar refractivity (Wildman–Crippen MR) is 83.8 cm³/mol. The summed E-state index contributed by atoms with van der Waals surface area (Å²) in [6.45, 7) is 1.72. The number of hydrogen-bond acceptors (Lipinski definition) is 3. The largest absolute Gasteiger partial charge is 0.573 e. The molecule has 0 aliphatic heterocycles. The molecule has 4 nitrogen and oxygen atoms in total. The molecule has 24 heavy (non-hydrogen) atoms. The minimum absolute atomic E-state index is 0.0725. The van der Waals surface area contributed by atoms with E-state index in [0.717, 1.165) is 12.1 Å². The number of alkyl halides is 3. The molecule has 2 heterocycles. The van der Waals surface area contributed by atoms with Gasteiger partial charge in [0.2, 0.25) is 0 Å². The highest BCUT2D eigenvalue weighted by Crippen LogP contribution is 2.25. The monoisotopic (exact) mass is 354 g/mol. The molecule has 0 aliphatic carbocycles. The van der Waals surface area contributed by atoms with Gasteiger partial charge in [0.15, 0.2) is 0 Å².